The molecule has 0 spiro atoms. The summed E-state index contributed by atoms with van der Waals surface area (Å²) in [4.78, 5) is 28.2. The maximum absolute atomic E-state index is 12.3. The number of carbonyl (C=O) groups excluding carboxylic acids is 1. The van der Waals surface area contributed by atoms with Gasteiger partial charge in [0.1, 0.15) is 0 Å². The summed E-state index contributed by atoms with van der Waals surface area (Å²) in [5.74, 6) is 0. The number of para-hydroxylation sites is 1. The summed E-state index contributed by atoms with van der Waals surface area (Å²) in [7, 11) is 0. The van der Waals surface area contributed by atoms with Gasteiger partial charge in [-0.05, 0) is 37.5 Å². The fourth-order valence-corrected chi connectivity index (χ4v) is 2.59. The quantitative estimate of drug-likeness (QED) is 0.928. The SMILES string of the molecule is CCNC(=O)/N=c1\sn(CC)c(=O)n1-c1ccccc1. The first-order valence-corrected chi connectivity index (χ1v) is 7.15. The minimum Gasteiger partial charge on any atom is -0.336 e. The van der Waals surface area contributed by atoms with Crippen molar-refractivity contribution in [3.05, 3.63) is 45.6 Å². The smallest absolute Gasteiger partial charge is 0.336 e. The number of aromatic nitrogens is 2. The van der Waals surface area contributed by atoms with Crippen molar-refractivity contribution < 1.29 is 4.79 Å². The number of hydrogen-bond acceptors (Lipinski definition) is 3. The highest BCUT2D eigenvalue weighted by Crippen LogP contribution is 2.02. The average molecular weight is 292 g/mol. The van der Waals surface area contributed by atoms with Gasteiger partial charge in [-0.1, -0.05) is 18.2 Å². The fraction of sp³-hybridized carbons (Fsp3) is 0.308. The number of hydrogen-bond donors (Lipinski definition) is 1. The molecule has 0 aliphatic rings. The van der Waals surface area contributed by atoms with Gasteiger partial charge in [0.15, 0.2) is 0 Å². The third-order valence-electron chi connectivity index (χ3n) is 2.61. The molecular weight excluding hydrogens is 276 g/mol. The normalized spacial score (nSPS) is 11.6. The summed E-state index contributed by atoms with van der Waals surface area (Å²) >= 11 is 1.17. The van der Waals surface area contributed by atoms with Gasteiger partial charge in [-0.15, -0.1) is 0 Å². The predicted octanol–water partition coefficient (Wildman–Crippen LogP) is 1.35. The zero-order valence-corrected chi connectivity index (χ0v) is 12.2. The van der Waals surface area contributed by atoms with E-state index >= 15 is 0 Å². The molecule has 0 fully saturated rings. The Balaban J connectivity index is 2.63. The molecule has 2 amide bonds. The van der Waals surface area contributed by atoms with Crippen LogP contribution >= 0.6 is 11.5 Å². The lowest BCUT2D eigenvalue weighted by Crippen LogP contribution is -2.29. The second-order valence-electron chi connectivity index (χ2n) is 3.97. The van der Waals surface area contributed by atoms with Crippen LogP contribution in [0.15, 0.2) is 40.1 Å². The van der Waals surface area contributed by atoms with Crippen molar-refractivity contribution in [2.24, 2.45) is 4.99 Å². The van der Waals surface area contributed by atoms with Crippen molar-refractivity contribution in [2.75, 3.05) is 6.54 Å². The fourth-order valence-electron chi connectivity index (χ4n) is 1.72. The van der Waals surface area contributed by atoms with Crippen LogP contribution in [0.5, 0.6) is 0 Å². The molecular formula is C13H16N4O2S. The van der Waals surface area contributed by atoms with Crippen molar-refractivity contribution in [1.29, 1.82) is 0 Å². The Morgan fingerprint density at radius 2 is 2.00 bits per heavy atom. The van der Waals surface area contributed by atoms with Gasteiger partial charge < -0.3 is 5.32 Å². The van der Waals surface area contributed by atoms with E-state index in [1.807, 2.05) is 44.2 Å². The number of amides is 2. The van der Waals surface area contributed by atoms with Crippen molar-refractivity contribution in [2.45, 2.75) is 20.4 Å². The van der Waals surface area contributed by atoms with Crippen LogP contribution in [-0.2, 0) is 6.54 Å². The summed E-state index contributed by atoms with van der Waals surface area (Å²) in [5, 5.41) is 2.60. The van der Waals surface area contributed by atoms with E-state index in [0.29, 0.717) is 23.6 Å². The van der Waals surface area contributed by atoms with Crippen molar-refractivity contribution in [3.63, 3.8) is 0 Å². The molecule has 7 heteroatoms. The molecule has 2 aromatic rings. The molecule has 1 heterocycles. The lowest BCUT2D eigenvalue weighted by molar-refractivity contribution is 0.249. The highest BCUT2D eigenvalue weighted by Gasteiger charge is 2.10. The summed E-state index contributed by atoms with van der Waals surface area (Å²) < 4.78 is 3.01. The highest BCUT2D eigenvalue weighted by molar-refractivity contribution is 7.03. The molecule has 106 valence electrons. The van der Waals surface area contributed by atoms with Gasteiger partial charge in [0.05, 0.1) is 5.69 Å². The Bertz CT molecular complexity index is 712. The van der Waals surface area contributed by atoms with Crippen LogP contribution in [0.2, 0.25) is 0 Å². The number of nitrogens with zero attached hydrogens (tertiary/aromatic N) is 3. The molecule has 0 saturated heterocycles. The minimum absolute atomic E-state index is 0.188. The van der Waals surface area contributed by atoms with E-state index in [2.05, 4.69) is 10.3 Å². The van der Waals surface area contributed by atoms with Gasteiger partial charge in [0.2, 0.25) is 4.80 Å². The molecule has 0 aliphatic heterocycles. The number of rotatable bonds is 3. The van der Waals surface area contributed by atoms with E-state index in [9.17, 15) is 9.59 Å². The Morgan fingerprint density at radius 1 is 1.30 bits per heavy atom. The second kappa shape index (κ2) is 6.33. The Hall–Kier alpha value is -2.15. The van der Waals surface area contributed by atoms with Gasteiger partial charge in [0.25, 0.3) is 0 Å². The van der Waals surface area contributed by atoms with Crippen LogP contribution in [-0.4, -0.2) is 21.1 Å². The molecule has 0 radical (unpaired) electrons. The lowest BCUT2D eigenvalue weighted by atomic mass is 10.3. The predicted molar refractivity (Wildman–Crippen MR) is 78.2 cm³/mol. The zero-order chi connectivity index (χ0) is 14.5. The number of nitrogens with one attached hydrogen (secondary N) is 1. The first-order chi connectivity index (χ1) is 9.67. The Kier molecular flexibility index (Phi) is 4.52. The van der Waals surface area contributed by atoms with Crippen LogP contribution in [0.1, 0.15) is 13.8 Å². The number of aryl methyl sites for hydroxylation is 1. The van der Waals surface area contributed by atoms with Gasteiger partial charge in [0, 0.05) is 13.1 Å². The molecule has 2 rings (SSSR count). The monoisotopic (exact) mass is 292 g/mol. The average Bonchev–Trinajstić information content (AvgIpc) is 2.76. The zero-order valence-electron chi connectivity index (χ0n) is 11.4. The molecule has 0 atom stereocenters. The largest absolute Gasteiger partial charge is 0.344 e. The topological polar surface area (TPSA) is 68.4 Å². The first kappa shape index (κ1) is 14.3. The van der Waals surface area contributed by atoms with E-state index < -0.39 is 6.03 Å². The molecule has 0 saturated carbocycles. The van der Waals surface area contributed by atoms with E-state index in [-0.39, 0.29) is 5.69 Å². The van der Waals surface area contributed by atoms with Crippen molar-refractivity contribution in [3.8, 4) is 5.69 Å². The molecule has 1 aromatic heterocycles. The van der Waals surface area contributed by atoms with Gasteiger partial charge in [-0.3, -0.25) is 0 Å². The van der Waals surface area contributed by atoms with Gasteiger partial charge in [-0.25, -0.2) is 18.1 Å². The second-order valence-corrected chi connectivity index (χ2v) is 4.96. The van der Waals surface area contributed by atoms with Gasteiger partial charge in [-0.2, -0.15) is 4.99 Å². The van der Waals surface area contributed by atoms with Crippen LogP contribution in [0.25, 0.3) is 5.69 Å². The maximum Gasteiger partial charge on any atom is 0.344 e. The summed E-state index contributed by atoms with van der Waals surface area (Å²) in [6, 6.07) is 8.73. The first-order valence-electron chi connectivity index (χ1n) is 6.38. The third-order valence-corrected chi connectivity index (χ3v) is 3.69. The van der Waals surface area contributed by atoms with Crippen molar-refractivity contribution in [1.82, 2.24) is 13.8 Å². The number of urea groups is 1. The van der Waals surface area contributed by atoms with E-state index in [1.54, 1.807) is 3.96 Å². The summed E-state index contributed by atoms with van der Waals surface area (Å²) in [6.45, 7) is 4.74. The van der Waals surface area contributed by atoms with E-state index in [0.717, 1.165) is 0 Å². The summed E-state index contributed by atoms with van der Waals surface area (Å²) in [5.41, 5.74) is 0.510. The molecule has 1 aromatic carbocycles. The van der Waals surface area contributed by atoms with Gasteiger partial charge >= 0.3 is 11.7 Å². The molecule has 0 aliphatic carbocycles. The third kappa shape index (κ3) is 2.88. The summed E-state index contributed by atoms with van der Waals surface area (Å²) in [6.07, 6.45) is 0. The van der Waals surface area contributed by atoms with Crippen LogP contribution < -0.4 is 15.8 Å². The lowest BCUT2D eigenvalue weighted by Gasteiger charge is -2.00. The standard InChI is InChI=1S/C13H16N4O2S/c1-3-14-11(18)15-12-17(10-8-6-5-7-9-10)13(19)16(4-2)20-12/h5-9H,3-4H2,1-2H3,(H,14,18)/b15-12-. The molecule has 0 unspecified atom stereocenters. The molecule has 1 N–H and O–H groups in total. The maximum atomic E-state index is 12.3. The minimum atomic E-state index is -0.443. The number of benzene rings is 1. The highest BCUT2D eigenvalue weighted by atomic mass is 32.1. The molecule has 20 heavy (non-hydrogen) atoms. The van der Waals surface area contributed by atoms with E-state index in [1.165, 1.54) is 16.1 Å². The van der Waals surface area contributed by atoms with E-state index in [4.69, 9.17) is 0 Å². The Morgan fingerprint density at radius 3 is 2.60 bits per heavy atom. The van der Waals surface area contributed by atoms with Crippen molar-refractivity contribution >= 4 is 17.6 Å². The molecule has 0 bridgehead atoms. The number of carbonyl (C=O) groups is 1. The molecule has 6 nitrogen and oxygen atoms in total. The van der Waals surface area contributed by atoms with Crippen LogP contribution in [0.3, 0.4) is 0 Å². The van der Waals surface area contributed by atoms with Crippen LogP contribution in [0.4, 0.5) is 4.79 Å². The Labute approximate surface area is 120 Å². The van der Waals surface area contributed by atoms with Crippen LogP contribution in [0, 0.1) is 0 Å².